The lowest BCUT2D eigenvalue weighted by atomic mass is 9.83. The molecule has 1 aliphatic carbocycles. The van der Waals surface area contributed by atoms with Crippen LogP contribution in [0, 0.1) is 12.8 Å². The second kappa shape index (κ2) is 8.30. The summed E-state index contributed by atoms with van der Waals surface area (Å²) in [6.45, 7) is 4.83. The first-order valence-corrected chi connectivity index (χ1v) is 12.2. The van der Waals surface area contributed by atoms with E-state index in [1.807, 2.05) is 6.92 Å². The van der Waals surface area contributed by atoms with Crippen molar-refractivity contribution in [1.82, 2.24) is 5.16 Å². The number of ether oxygens (including phenoxy) is 3. The van der Waals surface area contributed by atoms with Gasteiger partial charge in [0.25, 0.3) is 15.9 Å². The van der Waals surface area contributed by atoms with Crippen LogP contribution in [-0.4, -0.2) is 31.9 Å². The van der Waals surface area contributed by atoms with E-state index in [9.17, 15) is 13.2 Å². The van der Waals surface area contributed by atoms with Gasteiger partial charge in [-0.3, -0.25) is 4.79 Å². The van der Waals surface area contributed by atoms with Crippen molar-refractivity contribution < 1.29 is 31.9 Å². The van der Waals surface area contributed by atoms with Gasteiger partial charge < -0.3 is 18.7 Å². The Morgan fingerprint density at radius 3 is 2.84 bits per heavy atom. The number of aromatic nitrogens is 1. The van der Waals surface area contributed by atoms with Crippen molar-refractivity contribution in [2.24, 2.45) is 5.92 Å². The van der Waals surface area contributed by atoms with Gasteiger partial charge in [0.05, 0.1) is 0 Å². The number of esters is 1. The Morgan fingerprint density at radius 2 is 2.16 bits per heavy atom. The van der Waals surface area contributed by atoms with Crippen LogP contribution in [0.15, 0.2) is 50.6 Å². The van der Waals surface area contributed by atoms with E-state index in [4.69, 9.17) is 30.3 Å². The number of fused-ring (bicyclic) bond motifs is 1. The maximum Gasteiger partial charge on any atom is 0.303 e. The predicted octanol–water partition coefficient (Wildman–Crippen LogP) is 4.24. The number of halogens is 1. The summed E-state index contributed by atoms with van der Waals surface area (Å²) in [7, 11) is -4.02. The van der Waals surface area contributed by atoms with Crippen LogP contribution in [0.5, 0.6) is 0 Å². The van der Waals surface area contributed by atoms with E-state index in [2.05, 4.69) is 9.88 Å². The maximum atomic E-state index is 12.9. The summed E-state index contributed by atoms with van der Waals surface area (Å²) in [6, 6.07) is 1.46. The van der Waals surface area contributed by atoms with Crippen LogP contribution in [0.25, 0.3) is 6.08 Å². The highest BCUT2D eigenvalue weighted by atomic mass is 35.5. The fraction of sp³-hybridized carbons (Fsp3) is 0.300. The van der Waals surface area contributed by atoms with E-state index in [0.717, 1.165) is 0 Å². The van der Waals surface area contributed by atoms with Crippen LogP contribution in [0.2, 0.25) is 5.02 Å². The Bertz CT molecular complexity index is 1260. The summed E-state index contributed by atoms with van der Waals surface area (Å²) < 4.78 is 49.6. The van der Waals surface area contributed by atoms with Gasteiger partial charge in [0.15, 0.2) is 17.1 Å². The zero-order valence-corrected chi connectivity index (χ0v) is 19.6. The van der Waals surface area contributed by atoms with Gasteiger partial charge in [-0.2, -0.15) is 0 Å². The molecule has 2 atom stereocenters. The molecule has 0 spiro atoms. The Kier molecular flexibility index (Phi) is 5.82. The van der Waals surface area contributed by atoms with E-state index < -0.39 is 21.6 Å². The average molecular weight is 499 g/mol. The number of aryl methyl sites for hydroxylation is 1. The number of carbonyl (C=O) groups excluding carboxylic acids is 1. The average Bonchev–Trinajstić information content (AvgIpc) is 3.43. The molecule has 0 saturated carbocycles. The zero-order valence-electron chi connectivity index (χ0n) is 17.2. The zero-order chi connectivity index (χ0) is 23.1. The van der Waals surface area contributed by atoms with Gasteiger partial charge in [0, 0.05) is 23.8 Å². The number of rotatable bonds is 6. The molecule has 2 aliphatic rings. The number of nitrogens with one attached hydrogen (secondary N) is 1. The Hall–Kier alpha value is -2.76. The summed E-state index contributed by atoms with van der Waals surface area (Å²) in [5, 5.41) is 5.36. The summed E-state index contributed by atoms with van der Waals surface area (Å²) in [5.74, 6) is 0.0900. The predicted molar refractivity (Wildman–Crippen MR) is 117 cm³/mol. The molecular weight excluding hydrogens is 480 g/mol. The van der Waals surface area contributed by atoms with Crippen LogP contribution < -0.4 is 4.72 Å². The summed E-state index contributed by atoms with van der Waals surface area (Å²) in [5.41, 5.74) is -0.815. The Labute approximate surface area is 193 Å². The van der Waals surface area contributed by atoms with Gasteiger partial charge in [0.1, 0.15) is 15.6 Å². The largest absolute Gasteiger partial charge is 0.454 e. The molecule has 1 saturated heterocycles. The molecule has 32 heavy (non-hydrogen) atoms. The van der Waals surface area contributed by atoms with Crippen LogP contribution in [0.1, 0.15) is 24.4 Å². The molecule has 3 heterocycles. The van der Waals surface area contributed by atoms with Crippen molar-refractivity contribution in [3.8, 4) is 0 Å². The lowest BCUT2D eigenvalue weighted by molar-refractivity contribution is -0.151. The molecule has 0 bridgehead atoms. The van der Waals surface area contributed by atoms with Crippen molar-refractivity contribution in [3.63, 3.8) is 0 Å². The van der Waals surface area contributed by atoms with Crippen molar-refractivity contribution in [2.75, 3.05) is 11.5 Å². The van der Waals surface area contributed by atoms with Gasteiger partial charge in [-0.05, 0) is 36.6 Å². The first-order valence-electron chi connectivity index (χ1n) is 9.43. The van der Waals surface area contributed by atoms with E-state index in [1.54, 1.807) is 36.6 Å². The molecule has 12 heteroatoms. The third kappa shape index (κ3) is 4.15. The Balaban J connectivity index is 1.67. The van der Waals surface area contributed by atoms with Crippen molar-refractivity contribution >= 4 is 50.9 Å². The Morgan fingerprint density at radius 1 is 1.41 bits per heavy atom. The van der Waals surface area contributed by atoms with E-state index in [0.29, 0.717) is 22.1 Å². The summed E-state index contributed by atoms with van der Waals surface area (Å²) in [6.07, 6.45) is 6.70. The fourth-order valence-electron chi connectivity index (χ4n) is 3.30. The number of hydrogen-bond acceptors (Lipinski definition) is 9. The second-order valence-electron chi connectivity index (χ2n) is 7.18. The second-order valence-corrected chi connectivity index (χ2v) is 10.2. The minimum Gasteiger partial charge on any atom is -0.454 e. The van der Waals surface area contributed by atoms with Gasteiger partial charge in [0.2, 0.25) is 6.79 Å². The monoisotopic (exact) mass is 498 g/mol. The van der Waals surface area contributed by atoms with Crippen molar-refractivity contribution in [3.05, 3.63) is 56.8 Å². The standard InChI is InChI=1S/C20H19ClN2O7S2/c1-11-8-14-15(28-10-27-14)9-20(11,29-13(3)24)6-4-16-17(5-7-31-16)32(25,26)23-19-18(21)12(2)22-30-19/h4-9,11,23H,10H2,1-3H3/t11-,20-/m1/s1. The number of sulfonamides is 1. The lowest BCUT2D eigenvalue weighted by Crippen LogP contribution is -2.38. The normalized spacial score (nSPS) is 22.6. The van der Waals surface area contributed by atoms with Crippen LogP contribution in [0.4, 0.5) is 5.88 Å². The number of hydrogen-bond donors (Lipinski definition) is 1. The molecule has 1 fully saturated rings. The molecule has 170 valence electrons. The molecule has 2 aromatic heterocycles. The third-order valence-corrected chi connectivity index (χ3v) is 7.77. The first-order chi connectivity index (χ1) is 15.1. The molecule has 0 unspecified atom stereocenters. The van der Waals surface area contributed by atoms with E-state index >= 15 is 0 Å². The third-order valence-electron chi connectivity index (χ3n) is 4.92. The van der Waals surface area contributed by atoms with Gasteiger partial charge in [-0.25, -0.2) is 13.1 Å². The molecule has 0 radical (unpaired) electrons. The number of thiophene rings is 1. The quantitative estimate of drug-likeness (QED) is 0.588. The van der Waals surface area contributed by atoms with Crippen molar-refractivity contribution in [2.45, 2.75) is 31.3 Å². The molecule has 4 rings (SSSR count). The smallest absolute Gasteiger partial charge is 0.303 e. The maximum absolute atomic E-state index is 12.9. The van der Waals surface area contributed by atoms with Gasteiger partial charge >= 0.3 is 5.97 Å². The number of carbonyl (C=O) groups is 1. The van der Waals surface area contributed by atoms with E-state index in [-0.39, 0.29) is 28.5 Å². The minimum atomic E-state index is -4.02. The van der Waals surface area contributed by atoms with Crippen molar-refractivity contribution in [1.29, 1.82) is 0 Å². The van der Waals surface area contributed by atoms with Crippen LogP contribution in [-0.2, 0) is 29.0 Å². The molecule has 1 aliphatic heterocycles. The topological polar surface area (TPSA) is 117 Å². The first kappa shape index (κ1) is 22.4. The molecule has 2 aromatic rings. The molecule has 0 amide bonds. The van der Waals surface area contributed by atoms with E-state index in [1.165, 1.54) is 24.3 Å². The summed E-state index contributed by atoms with van der Waals surface area (Å²) in [4.78, 5) is 12.3. The number of nitrogens with zero attached hydrogens (tertiary/aromatic N) is 1. The molecular formula is C20H19ClN2O7S2. The number of anilines is 1. The highest BCUT2D eigenvalue weighted by Gasteiger charge is 2.41. The fourth-order valence-corrected chi connectivity index (χ4v) is 5.79. The lowest BCUT2D eigenvalue weighted by Gasteiger charge is -2.34. The van der Waals surface area contributed by atoms with Crippen LogP contribution in [0.3, 0.4) is 0 Å². The summed E-state index contributed by atoms with van der Waals surface area (Å²) >= 11 is 7.23. The SMILES string of the molecule is CC(=O)O[C@]1(C=Cc2sccc2S(=O)(=O)Nc2onc(C)c2Cl)C=C2OCOC2=C[C@H]1C. The van der Waals surface area contributed by atoms with Gasteiger partial charge in [-0.15, -0.1) is 11.3 Å². The molecule has 9 nitrogen and oxygen atoms in total. The van der Waals surface area contributed by atoms with Gasteiger partial charge in [-0.1, -0.05) is 23.7 Å². The highest BCUT2D eigenvalue weighted by Crippen LogP contribution is 2.39. The minimum absolute atomic E-state index is 0.00893. The highest BCUT2D eigenvalue weighted by molar-refractivity contribution is 7.93. The molecule has 0 aromatic carbocycles. The molecule has 1 N–H and O–H groups in total. The van der Waals surface area contributed by atoms with Crippen LogP contribution >= 0.6 is 22.9 Å².